The lowest BCUT2D eigenvalue weighted by Gasteiger charge is -2.10. The number of fused-ring (bicyclic) bond motifs is 1. The second-order valence-electron chi connectivity index (χ2n) is 4.44. The molecular formula is C15H19N3O2. The van der Waals surface area contributed by atoms with Gasteiger partial charge in [-0.15, -0.1) is 0 Å². The molecule has 0 unspecified atom stereocenters. The third-order valence-corrected chi connectivity index (χ3v) is 2.98. The minimum atomic E-state index is -0.155. The van der Waals surface area contributed by atoms with Crippen molar-refractivity contribution in [2.24, 2.45) is 0 Å². The summed E-state index contributed by atoms with van der Waals surface area (Å²) in [6.45, 7) is 2.94. The first-order valence-electron chi connectivity index (χ1n) is 6.75. The molecule has 0 aliphatic heterocycles. The van der Waals surface area contributed by atoms with E-state index in [4.69, 9.17) is 10.5 Å². The number of rotatable bonds is 6. The van der Waals surface area contributed by atoms with Crippen LogP contribution >= 0.6 is 0 Å². The van der Waals surface area contributed by atoms with E-state index in [-0.39, 0.29) is 5.97 Å². The van der Waals surface area contributed by atoms with Crippen LogP contribution in [0.15, 0.2) is 30.5 Å². The van der Waals surface area contributed by atoms with Crippen molar-refractivity contribution < 1.29 is 9.53 Å². The summed E-state index contributed by atoms with van der Waals surface area (Å²) in [6.07, 6.45) is 2.88. The van der Waals surface area contributed by atoms with Gasteiger partial charge in [-0.25, -0.2) is 0 Å². The van der Waals surface area contributed by atoms with Crippen molar-refractivity contribution in [3.8, 4) is 0 Å². The minimum Gasteiger partial charge on any atom is -0.466 e. The molecule has 0 saturated carbocycles. The number of hydrogen-bond acceptors (Lipinski definition) is 5. The second kappa shape index (κ2) is 6.75. The molecule has 0 aliphatic rings. The van der Waals surface area contributed by atoms with Crippen LogP contribution in [-0.2, 0) is 9.53 Å². The maximum Gasteiger partial charge on any atom is 0.305 e. The monoisotopic (exact) mass is 273 g/mol. The molecule has 0 spiro atoms. The number of ether oxygens (including phenoxy) is 1. The van der Waals surface area contributed by atoms with E-state index in [0.29, 0.717) is 25.3 Å². The zero-order valence-corrected chi connectivity index (χ0v) is 11.6. The van der Waals surface area contributed by atoms with Crippen molar-refractivity contribution in [1.82, 2.24) is 4.98 Å². The van der Waals surface area contributed by atoms with Gasteiger partial charge in [0.2, 0.25) is 0 Å². The van der Waals surface area contributed by atoms with Crippen LogP contribution < -0.4 is 11.1 Å². The zero-order chi connectivity index (χ0) is 14.4. The molecule has 1 aromatic heterocycles. The summed E-state index contributed by atoms with van der Waals surface area (Å²) in [5, 5.41) is 4.30. The average Bonchev–Trinajstić information content (AvgIpc) is 2.45. The number of anilines is 2. The van der Waals surface area contributed by atoms with Crippen molar-refractivity contribution in [3.05, 3.63) is 30.5 Å². The number of hydrogen-bond donors (Lipinski definition) is 2. The standard InChI is InChI=1S/C15H19N3O2/c1-2-20-14(19)7-4-9-17-13-8-10-18-15-11(13)5-3-6-12(15)16/h3,5-6,8,10H,2,4,7,9,16H2,1H3,(H,17,18). The van der Waals surface area contributed by atoms with E-state index in [0.717, 1.165) is 23.0 Å². The normalized spacial score (nSPS) is 10.4. The van der Waals surface area contributed by atoms with Gasteiger partial charge in [-0.3, -0.25) is 9.78 Å². The van der Waals surface area contributed by atoms with Crippen LogP contribution in [0.4, 0.5) is 11.4 Å². The van der Waals surface area contributed by atoms with Gasteiger partial charge in [0.25, 0.3) is 0 Å². The summed E-state index contributed by atoms with van der Waals surface area (Å²) in [6, 6.07) is 7.63. The quantitative estimate of drug-likeness (QED) is 0.480. The topological polar surface area (TPSA) is 77.2 Å². The van der Waals surface area contributed by atoms with Gasteiger partial charge in [-0.1, -0.05) is 12.1 Å². The molecule has 2 aromatic rings. The molecule has 0 saturated heterocycles. The molecule has 0 atom stereocenters. The lowest BCUT2D eigenvalue weighted by Crippen LogP contribution is -2.08. The van der Waals surface area contributed by atoms with E-state index >= 15 is 0 Å². The second-order valence-corrected chi connectivity index (χ2v) is 4.44. The van der Waals surface area contributed by atoms with E-state index < -0.39 is 0 Å². The van der Waals surface area contributed by atoms with Crippen LogP contribution in [0.1, 0.15) is 19.8 Å². The molecule has 0 fully saturated rings. The third-order valence-electron chi connectivity index (χ3n) is 2.98. The number of pyridine rings is 1. The Morgan fingerprint density at radius 3 is 3.05 bits per heavy atom. The van der Waals surface area contributed by atoms with Crippen LogP contribution in [0.2, 0.25) is 0 Å². The number of nitrogen functional groups attached to an aromatic ring is 1. The Labute approximate surface area is 118 Å². The van der Waals surface area contributed by atoms with E-state index in [1.807, 2.05) is 31.2 Å². The van der Waals surface area contributed by atoms with E-state index in [1.165, 1.54) is 0 Å². The zero-order valence-electron chi connectivity index (χ0n) is 11.6. The first-order valence-corrected chi connectivity index (χ1v) is 6.75. The largest absolute Gasteiger partial charge is 0.466 e. The fraction of sp³-hybridized carbons (Fsp3) is 0.333. The molecule has 0 aliphatic carbocycles. The SMILES string of the molecule is CCOC(=O)CCCNc1ccnc2c(N)cccc12. The number of aromatic nitrogens is 1. The number of esters is 1. The highest BCUT2D eigenvalue weighted by molar-refractivity contribution is 5.97. The lowest BCUT2D eigenvalue weighted by molar-refractivity contribution is -0.143. The summed E-state index contributed by atoms with van der Waals surface area (Å²) in [5.41, 5.74) is 8.34. The van der Waals surface area contributed by atoms with Gasteiger partial charge in [0, 0.05) is 30.2 Å². The molecule has 0 radical (unpaired) electrons. The van der Waals surface area contributed by atoms with Gasteiger partial charge < -0.3 is 15.8 Å². The molecule has 106 valence electrons. The van der Waals surface area contributed by atoms with Crippen molar-refractivity contribution in [1.29, 1.82) is 0 Å². The van der Waals surface area contributed by atoms with E-state index in [2.05, 4.69) is 10.3 Å². The van der Waals surface area contributed by atoms with Crippen LogP contribution in [0.3, 0.4) is 0 Å². The van der Waals surface area contributed by atoms with E-state index in [9.17, 15) is 4.79 Å². The highest BCUT2D eigenvalue weighted by atomic mass is 16.5. The number of carbonyl (C=O) groups excluding carboxylic acids is 1. The van der Waals surface area contributed by atoms with Crippen LogP contribution in [0.25, 0.3) is 10.9 Å². The Kier molecular flexibility index (Phi) is 4.76. The fourth-order valence-corrected chi connectivity index (χ4v) is 2.04. The van der Waals surface area contributed by atoms with Gasteiger partial charge in [-0.05, 0) is 25.5 Å². The summed E-state index contributed by atoms with van der Waals surface area (Å²) in [7, 11) is 0. The molecule has 1 heterocycles. The number of nitrogens with zero attached hydrogens (tertiary/aromatic N) is 1. The Morgan fingerprint density at radius 1 is 1.40 bits per heavy atom. The van der Waals surface area contributed by atoms with E-state index in [1.54, 1.807) is 6.20 Å². The third kappa shape index (κ3) is 3.38. The number of nitrogens with one attached hydrogen (secondary N) is 1. The van der Waals surface area contributed by atoms with Gasteiger partial charge in [0.15, 0.2) is 0 Å². The Morgan fingerprint density at radius 2 is 2.25 bits per heavy atom. The minimum absolute atomic E-state index is 0.155. The predicted octanol–water partition coefficient (Wildman–Crippen LogP) is 2.57. The Bertz CT molecular complexity index is 599. The molecule has 1 aromatic carbocycles. The summed E-state index contributed by atoms with van der Waals surface area (Å²) < 4.78 is 4.89. The molecule has 5 heteroatoms. The summed E-state index contributed by atoms with van der Waals surface area (Å²) in [4.78, 5) is 15.5. The van der Waals surface area contributed by atoms with Crippen molar-refractivity contribution >= 4 is 28.2 Å². The maximum atomic E-state index is 11.2. The van der Waals surface area contributed by atoms with Gasteiger partial charge in [-0.2, -0.15) is 0 Å². The van der Waals surface area contributed by atoms with Gasteiger partial charge in [0.1, 0.15) is 0 Å². The van der Waals surface area contributed by atoms with Crippen LogP contribution in [0, 0.1) is 0 Å². The average molecular weight is 273 g/mol. The molecule has 5 nitrogen and oxygen atoms in total. The number of nitrogens with two attached hydrogens (primary N) is 1. The van der Waals surface area contributed by atoms with Gasteiger partial charge in [0.05, 0.1) is 17.8 Å². The lowest BCUT2D eigenvalue weighted by atomic mass is 10.1. The van der Waals surface area contributed by atoms with Crippen molar-refractivity contribution in [3.63, 3.8) is 0 Å². The first-order chi connectivity index (χ1) is 9.72. The first kappa shape index (κ1) is 14.1. The number of carbonyl (C=O) groups is 1. The van der Waals surface area contributed by atoms with Crippen molar-refractivity contribution in [2.45, 2.75) is 19.8 Å². The predicted molar refractivity (Wildman–Crippen MR) is 80.5 cm³/mol. The highest BCUT2D eigenvalue weighted by Gasteiger charge is 2.05. The Hall–Kier alpha value is -2.30. The van der Waals surface area contributed by atoms with Crippen molar-refractivity contribution in [2.75, 3.05) is 24.2 Å². The molecule has 0 bridgehead atoms. The fourth-order valence-electron chi connectivity index (χ4n) is 2.04. The molecule has 20 heavy (non-hydrogen) atoms. The number of benzene rings is 1. The summed E-state index contributed by atoms with van der Waals surface area (Å²) >= 11 is 0. The van der Waals surface area contributed by atoms with Crippen LogP contribution in [-0.4, -0.2) is 24.1 Å². The van der Waals surface area contributed by atoms with Crippen LogP contribution in [0.5, 0.6) is 0 Å². The summed E-state index contributed by atoms with van der Waals surface area (Å²) in [5.74, 6) is -0.155. The molecular weight excluding hydrogens is 254 g/mol. The Balaban J connectivity index is 1.97. The molecule has 2 rings (SSSR count). The van der Waals surface area contributed by atoms with Gasteiger partial charge >= 0.3 is 5.97 Å². The molecule has 3 N–H and O–H groups in total. The highest BCUT2D eigenvalue weighted by Crippen LogP contribution is 2.25. The maximum absolute atomic E-state index is 11.2. The number of para-hydroxylation sites is 1. The molecule has 0 amide bonds. The smallest absolute Gasteiger partial charge is 0.305 e.